The van der Waals surface area contributed by atoms with Crippen LogP contribution in [0, 0.1) is 0 Å². The van der Waals surface area contributed by atoms with Crippen LogP contribution in [-0.4, -0.2) is 43.6 Å². The van der Waals surface area contributed by atoms with Gasteiger partial charge >= 0.3 is 0 Å². The largest absolute Gasteiger partial charge is 0.497 e. The van der Waals surface area contributed by atoms with E-state index in [-0.39, 0.29) is 5.91 Å². The summed E-state index contributed by atoms with van der Waals surface area (Å²) in [5, 5.41) is 2.89. The van der Waals surface area contributed by atoms with E-state index in [0.717, 1.165) is 24.4 Å². The molecule has 0 saturated carbocycles. The quantitative estimate of drug-likeness (QED) is 0.760. The molecule has 0 aliphatic rings. The third-order valence-corrected chi connectivity index (χ3v) is 3.08. The molecule has 20 heavy (non-hydrogen) atoms. The van der Waals surface area contributed by atoms with Crippen molar-refractivity contribution in [2.75, 3.05) is 32.1 Å². The fourth-order valence-corrected chi connectivity index (χ4v) is 1.90. The molecule has 0 fully saturated rings. The van der Waals surface area contributed by atoms with Crippen molar-refractivity contribution in [2.45, 2.75) is 26.3 Å². The molecule has 0 saturated heterocycles. The van der Waals surface area contributed by atoms with Crippen LogP contribution >= 0.6 is 0 Å². The van der Waals surface area contributed by atoms with Crippen molar-refractivity contribution in [2.24, 2.45) is 5.73 Å². The summed E-state index contributed by atoms with van der Waals surface area (Å²) in [7, 11) is 1.61. The highest BCUT2D eigenvalue weighted by atomic mass is 16.5. The van der Waals surface area contributed by atoms with Gasteiger partial charge in [-0.05, 0) is 38.9 Å². The average Bonchev–Trinajstić information content (AvgIpc) is 2.43. The van der Waals surface area contributed by atoms with Crippen LogP contribution in [0.2, 0.25) is 0 Å². The Kier molecular flexibility index (Phi) is 7.04. The molecule has 1 aromatic rings. The summed E-state index contributed by atoms with van der Waals surface area (Å²) in [4.78, 5) is 14.2. The lowest BCUT2D eigenvalue weighted by Crippen LogP contribution is -2.39. The average molecular weight is 279 g/mol. The number of anilines is 1. The van der Waals surface area contributed by atoms with E-state index in [4.69, 9.17) is 10.5 Å². The first-order valence-electron chi connectivity index (χ1n) is 6.95. The summed E-state index contributed by atoms with van der Waals surface area (Å²) in [6, 6.07) is 7.66. The Bertz CT molecular complexity index is 421. The number of nitrogens with one attached hydrogen (secondary N) is 1. The zero-order valence-corrected chi connectivity index (χ0v) is 12.6. The fourth-order valence-electron chi connectivity index (χ4n) is 1.90. The minimum absolute atomic E-state index is 0.0241. The van der Waals surface area contributed by atoms with Crippen molar-refractivity contribution in [1.29, 1.82) is 0 Å². The number of methoxy groups -OCH3 is 1. The zero-order chi connectivity index (χ0) is 15.0. The number of ether oxygens (including phenoxy) is 1. The smallest absolute Gasteiger partial charge is 0.238 e. The Morgan fingerprint density at radius 1 is 1.45 bits per heavy atom. The first-order valence-corrected chi connectivity index (χ1v) is 6.95. The van der Waals surface area contributed by atoms with E-state index < -0.39 is 0 Å². The van der Waals surface area contributed by atoms with Gasteiger partial charge in [-0.1, -0.05) is 6.07 Å². The molecular weight excluding hydrogens is 254 g/mol. The molecule has 0 spiro atoms. The van der Waals surface area contributed by atoms with Gasteiger partial charge in [0.1, 0.15) is 5.75 Å². The highest BCUT2D eigenvalue weighted by molar-refractivity contribution is 5.92. The van der Waals surface area contributed by atoms with Crippen molar-refractivity contribution >= 4 is 11.6 Å². The second-order valence-corrected chi connectivity index (χ2v) is 4.99. The molecule has 0 atom stereocenters. The standard InChI is InChI=1S/C15H25N3O2/c1-12(2)18(9-5-8-16)11-15(19)17-13-6-4-7-14(10-13)20-3/h4,6-7,10,12H,5,8-9,11,16H2,1-3H3,(H,17,19). The third kappa shape index (κ3) is 5.59. The van der Waals surface area contributed by atoms with Gasteiger partial charge in [-0.2, -0.15) is 0 Å². The molecule has 5 heteroatoms. The van der Waals surface area contributed by atoms with Crippen molar-refractivity contribution < 1.29 is 9.53 Å². The number of benzene rings is 1. The van der Waals surface area contributed by atoms with Crippen molar-refractivity contribution in [3.05, 3.63) is 24.3 Å². The molecule has 0 bridgehead atoms. The Morgan fingerprint density at radius 2 is 2.20 bits per heavy atom. The van der Waals surface area contributed by atoms with Crippen LogP contribution in [0.5, 0.6) is 5.75 Å². The Hall–Kier alpha value is -1.59. The molecule has 0 radical (unpaired) electrons. The van der Waals surface area contributed by atoms with E-state index in [1.165, 1.54) is 0 Å². The Balaban J connectivity index is 2.56. The van der Waals surface area contributed by atoms with E-state index in [1.807, 2.05) is 18.2 Å². The van der Waals surface area contributed by atoms with Crippen LogP contribution in [-0.2, 0) is 4.79 Å². The minimum atomic E-state index is -0.0241. The second-order valence-electron chi connectivity index (χ2n) is 4.99. The molecule has 1 amide bonds. The Morgan fingerprint density at radius 3 is 2.80 bits per heavy atom. The first kappa shape index (κ1) is 16.5. The van der Waals surface area contributed by atoms with E-state index in [2.05, 4.69) is 24.1 Å². The first-order chi connectivity index (χ1) is 9.56. The van der Waals surface area contributed by atoms with E-state index in [0.29, 0.717) is 19.1 Å². The molecular formula is C15H25N3O2. The van der Waals surface area contributed by atoms with E-state index in [9.17, 15) is 4.79 Å². The number of nitrogens with two attached hydrogens (primary N) is 1. The van der Waals surface area contributed by atoms with Crippen LogP contribution in [0.3, 0.4) is 0 Å². The molecule has 0 aliphatic heterocycles. The van der Waals surface area contributed by atoms with Crippen LogP contribution in [0.25, 0.3) is 0 Å². The number of amides is 1. The second kappa shape index (κ2) is 8.55. The number of hydrogen-bond acceptors (Lipinski definition) is 4. The van der Waals surface area contributed by atoms with Gasteiger partial charge < -0.3 is 15.8 Å². The normalized spacial score (nSPS) is 10.9. The summed E-state index contributed by atoms with van der Waals surface area (Å²) in [5.74, 6) is 0.704. The predicted octanol–water partition coefficient (Wildman–Crippen LogP) is 1.69. The fraction of sp³-hybridized carbons (Fsp3) is 0.533. The number of carbonyl (C=O) groups is 1. The van der Waals surface area contributed by atoms with Crippen molar-refractivity contribution in [3.8, 4) is 5.75 Å². The number of rotatable bonds is 8. The van der Waals surface area contributed by atoms with Crippen LogP contribution < -0.4 is 15.8 Å². The Labute approximate surface area is 121 Å². The third-order valence-electron chi connectivity index (χ3n) is 3.08. The summed E-state index contributed by atoms with van der Waals surface area (Å²) < 4.78 is 5.13. The maximum absolute atomic E-state index is 12.1. The number of nitrogens with zero attached hydrogens (tertiary/aromatic N) is 1. The highest BCUT2D eigenvalue weighted by Gasteiger charge is 2.13. The van der Waals surface area contributed by atoms with Crippen LogP contribution in [0.4, 0.5) is 5.69 Å². The van der Waals surface area contributed by atoms with Gasteiger partial charge in [-0.25, -0.2) is 0 Å². The molecule has 1 rings (SSSR count). The highest BCUT2D eigenvalue weighted by Crippen LogP contribution is 2.16. The van der Waals surface area contributed by atoms with E-state index >= 15 is 0 Å². The van der Waals surface area contributed by atoms with E-state index in [1.54, 1.807) is 13.2 Å². The SMILES string of the molecule is COc1cccc(NC(=O)CN(CCCN)C(C)C)c1. The number of carbonyl (C=O) groups excluding carboxylic acids is 1. The molecule has 0 heterocycles. The monoisotopic (exact) mass is 279 g/mol. The van der Waals surface area contributed by atoms with Gasteiger partial charge in [0.15, 0.2) is 0 Å². The van der Waals surface area contributed by atoms with Gasteiger partial charge in [0.25, 0.3) is 0 Å². The molecule has 0 aromatic heterocycles. The lowest BCUT2D eigenvalue weighted by atomic mass is 10.2. The van der Waals surface area contributed by atoms with Crippen molar-refractivity contribution in [3.63, 3.8) is 0 Å². The summed E-state index contributed by atoms with van der Waals surface area (Å²) in [6.07, 6.45) is 0.893. The maximum Gasteiger partial charge on any atom is 0.238 e. The number of hydrogen-bond donors (Lipinski definition) is 2. The van der Waals surface area contributed by atoms with Gasteiger partial charge in [-0.3, -0.25) is 9.69 Å². The molecule has 1 aromatic carbocycles. The molecule has 0 aliphatic carbocycles. The summed E-state index contributed by atoms with van der Waals surface area (Å²) in [5.41, 5.74) is 6.27. The van der Waals surface area contributed by atoms with Gasteiger partial charge in [0, 0.05) is 24.3 Å². The maximum atomic E-state index is 12.1. The zero-order valence-electron chi connectivity index (χ0n) is 12.6. The van der Waals surface area contributed by atoms with Gasteiger partial charge in [0.05, 0.1) is 13.7 Å². The van der Waals surface area contributed by atoms with Crippen LogP contribution in [0.1, 0.15) is 20.3 Å². The van der Waals surface area contributed by atoms with Gasteiger partial charge in [0.2, 0.25) is 5.91 Å². The summed E-state index contributed by atoms with van der Waals surface area (Å²) >= 11 is 0. The molecule has 0 unspecified atom stereocenters. The molecule has 3 N–H and O–H groups in total. The summed E-state index contributed by atoms with van der Waals surface area (Å²) in [6.45, 7) is 6.00. The molecule has 112 valence electrons. The minimum Gasteiger partial charge on any atom is -0.497 e. The lowest BCUT2D eigenvalue weighted by molar-refractivity contribution is -0.117. The topological polar surface area (TPSA) is 67.6 Å². The van der Waals surface area contributed by atoms with Gasteiger partial charge in [-0.15, -0.1) is 0 Å². The molecule has 5 nitrogen and oxygen atoms in total. The lowest BCUT2D eigenvalue weighted by Gasteiger charge is -2.25. The van der Waals surface area contributed by atoms with Crippen molar-refractivity contribution in [1.82, 2.24) is 4.90 Å². The van der Waals surface area contributed by atoms with Crippen LogP contribution in [0.15, 0.2) is 24.3 Å². The predicted molar refractivity (Wildman–Crippen MR) is 82.0 cm³/mol.